The van der Waals surface area contributed by atoms with Gasteiger partial charge in [0.2, 0.25) is 0 Å². The Kier molecular flexibility index (Phi) is 5.09. The number of fused-ring (bicyclic) bond motifs is 4. The molecule has 0 radical (unpaired) electrons. The first-order valence-electron chi connectivity index (χ1n) is 11.9. The van der Waals surface area contributed by atoms with Gasteiger partial charge in [0.1, 0.15) is 0 Å². The summed E-state index contributed by atoms with van der Waals surface area (Å²) >= 11 is 0. The Bertz CT molecular complexity index is 740. The molecule has 4 heteroatoms. The highest BCUT2D eigenvalue weighted by Gasteiger charge is 2.43. The van der Waals surface area contributed by atoms with Crippen molar-refractivity contribution in [2.45, 2.75) is 69.2 Å². The van der Waals surface area contributed by atoms with Crippen molar-refractivity contribution in [3.63, 3.8) is 0 Å². The molecule has 2 unspecified atom stereocenters. The first-order valence-corrected chi connectivity index (χ1v) is 11.9. The number of benzene rings is 1. The molecular formula is C25H37N3O. The standard InChI is InChI=1S/C25H37N3O/c1-26(2)24(29)28-13-5-10-25(22-6-3-4-7-23(22)28)11-14-27(15-12-25)21-17-19-8-9-20(16-19)18-21/h3-4,6-7,19-21H,5,8-18H2,1-2H3. The van der Waals surface area contributed by atoms with Crippen LogP contribution < -0.4 is 4.90 Å². The number of carbonyl (C=O) groups excluding carboxylic acids is 1. The minimum atomic E-state index is 0.115. The van der Waals surface area contributed by atoms with Gasteiger partial charge in [-0.2, -0.15) is 0 Å². The van der Waals surface area contributed by atoms with Crippen molar-refractivity contribution in [1.29, 1.82) is 0 Å². The molecule has 2 heterocycles. The maximum atomic E-state index is 12.9. The summed E-state index contributed by atoms with van der Waals surface area (Å²) in [6, 6.07) is 9.72. The summed E-state index contributed by atoms with van der Waals surface area (Å²) in [6.07, 6.45) is 12.2. The quantitative estimate of drug-likeness (QED) is 0.677. The van der Waals surface area contributed by atoms with Crippen LogP contribution >= 0.6 is 0 Å². The molecule has 158 valence electrons. The van der Waals surface area contributed by atoms with Crippen LogP contribution in [0, 0.1) is 11.8 Å². The summed E-state index contributed by atoms with van der Waals surface area (Å²) in [5.41, 5.74) is 2.84. The minimum Gasteiger partial charge on any atom is -0.330 e. The van der Waals surface area contributed by atoms with E-state index in [4.69, 9.17) is 0 Å². The zero-order valence-corrected chi connectivity index (χ0v) is 18.3. The lowest BCUT2D eigenvalue weighted by Gasteiger charge is -2.46. The number of hydrogen-bond acceptors (Lipinski definition) is 2. The number of amides is 2. The molecule has 2 amide bonds. The molecule has 1 saturated heterocycles. The second-order valence-corrected chi connectivity index (χ2v) is 10.4. The lowest BCUT2D eigenvalue weighted by atomic mass is 9.69. The Balaban J connectivity index is 1.36. The third-order valence-corrected chi connectivity index (χ3v) is 8.55. The zero-order valence-electron chi connectivity index (χ0n) is 18.3. The van der Waals surface area contributed by atoms with Crippen molar-refractivity contribution in [2.24, 2.45) is 11.8 Å². The molecule has 1 aromatic carbocycles. The highest BCUT2D eigenvalue weighted by atomic mass is 16.2. The largest absolute Gasteiger partial charge is 0.330 e. The average Bonchev–Trinajstić information content (AvgIpc) is 3.00. The van der Waals surface area contributed by atoms with Crippen LogP contribution in [0.5, 0.6) is 0 Å². The van der Waals surface area contributed by atoms with Crippen LogP contribution in [0.2, 0.25) is 0 Å². The third-order valence-electron chi connectivity index (χ3n) is 8.55. The van der Waals surface area contributed by atoms with Crippen molar-refractivity contribution < 1.29 is 4.79 Å². The van der Waals surface area contributed by atoms with Gasteiger partial charge in [0, 0.05) is 32.4 Å². The Labute approximate surface area is 176 Å². The van der Waals surface area contributed by atoms with Crippen LogP contribution in [0.4, 0.5) is 10.5 Å². The highest BCUT2D eigenvalue weighted by Crippen LogP contribution is 2.48. The third kappa shape index (κ3) is 3.48. The number of urea groups is 1. The average molecular weight is 396 g/mol. The smallest absolute Gasteiger partial charge is 0.323 e. The molecule has 2 aliphatic carbocycles. The van der Waals surface area contributed by atoms with Gasteiger partial charge in [0.05, 0.1) is 0 Å². The van der Waals surface area contributed by atoms with E-state index in [0.717, 1.165) is 36.5 Å². The van der Waals surface area contributed by atoms with Gasteiger partial charge in [-0.1, -0.05) is 31.0 Å². The molecule has 29 heavy (non-hydrogen) atoms. The maximum absolute atomic E-state index is 12.9. The Morgan fingerprint density at radius 2 is 1.66 bits per heavy atom. The van der Waals surface area contributed by atoms with E-state index in [0.29, 0.717) is 0 Å². The molecule has 5 rings (SSSR count). The summed E-state index contributed by atoms with van der Waals surface area (Å²) < 4.78 is 0. The summed E-state index contributed by atoms with van der Waals surface area (Å²) in [4.78, 5) is 19.4. The van der Waals surface area contributed by atoms with Crippen molar-refractivity contribution in [1.82, 2.24) is 9.80 Å². The number of rotatable bonds is 1. The number of para-hydroxylation sites is 1. The van der Waals surface area contributed by atoms with E-state index in [1.165, 1.54) is 70.0 Å². The molecule has 4 aliphatic rings. The van der Waals surface area contributed by atoms with Crippen LogP contribution in [-0.4, -0.2) is 55.6 Å². The molecule has 2 bridgehead atoms. The fourth-order valence-electron chi connectivity index (χ4n) is 7.04. The van der Waals surface area contributed by atoms with Crippen LogP contribution in [0.3, 0.4) is 0 Å². The molecule has 2 aliphatic heterocycles. The van der Waals surface area contributed by atoms with E-state index in [1.807, 2.05) is 19.0 Å². The predicted molar refractivity (Wildman–Crippen MR) is 118 cm³/mol. The molecule has 1 spiro atoms. The van der Waals surface area contributed by atoms with Gasteiger partial charge < -0.3 is 9.80 Å². The second kappa shape index (κ2) is 7.61. The minimum absolute atomic E-state index is 0.115. The summed E-state index contributed by atoms with van der Waals surface area (Å²) in [7, 11) is 3.72. The fourth-order valence-corrected chi connectivity index (χ4v) is 7.04. The SMILES string of the molecule is CN(C)C(=O)N1CCCC2(CCN(C3CC4CCC(C4)C3)CC2)c2ccccc21. The van der Waals surface area contributed by atoms with Crippen LogP contribution in [0.1, 0.15) is 63.4 Å². The molecule has 2 saturated carbocycles. The van der Waals surface area contributed by atoms with E-state index in [2.05, 4.69) is 29.2 Å². The Morgan fingerprint density at radius 3 is 2.34 bits per heavy atom. The normalized spacial score (nSPS) is 31.4. The predicted octanol–water partition coefficient (Wildman–Crippen LogP) is 4.88. The van der Waals surface area contributed by atoms with Gasteiger partial charge in [-0.3, -0.25) is 4.90 Å². The van der Waals surface area contributed by atoms with Gasteiger partial charge in [-0.15, -0.1) is 0 Å². The summed E-state index contributed by atoms with van der Waals surface area (Å²) in [5, 5.41) is 0. The van der Waals surface area contributed by atoms with Gasteiger partial charge in [0.25, 0.3) is 0 Å². The molecule has 4 nitrogen and oxygen atoms in total. The lowest BCUT2D eigenvalue weighted by molar-refractivity contribution is 0.0724. The van der Waals surface area contributed by atoms with Gasteiger partial charge in [0.15, 0.2) is 0 Å². The molecule has 1 aromatic rings. The maximum Gasteiger partial charge on any atom is 0.323 e. The van der Waals surface area contributed by atoms with Crippen LogP contribution in [-0.2, 0) is 5.41 Å². The number of piperidine rings is 1. The van der Waals surface area contributed by atoms with Crippen molar-refractivity contribution in [3.8, 4) is 0 Å². The summed E-state index contributed by atoms with van der Waals surface area (Å²) in [5.74, 6) is 2.03. The number of likely N-dealkylation sites (tertiary alicyclic amines) is 1. The van der Waals surface area contributed by atoms with E-state index in [-0.39, 0.29) is 11.4 Å². The number of carbonyl (C=O) groups is 1. The van der Waals surface area contributed by atoms with Gasteiger partial charge in [-0.25, -0.2) is 4.79 Å². The fraction of sp³-hybridized carbons (Fsp3) is 0.720. The number of hydrogen-bond donors (Lipinski definition) is 0. The zero-order chi connectivity index (χ0) is 20.0. The highest BCUT2D eigenvalue weighted by molar-refractivity contribution is 5.93. The monoisotopic (exact) mass is 395 g/mol. The van der Waals surface area contributed by atoms with E-state index in [9.17, 15) is 4.79 Å². The Hall–Kier alpha value is -1.55. The first kappa shape index (κ1) is 19.4. The molecule has 3 fully saturated rings. The first-order chi connectivity index (χ1) is 14.1. The molecule has 0 aromatic heterocycles. The Morgan fingerprint density at radius 1 is 0.966 bits per heavy atom. The van der Waals surface area contributed by atoms with Crippen molar-refractivity contribution in [3.05, 3.63) is 29.8 Å². The van der Waals surface area contributed by atoms with Crippen molar-refractivity contribution in [2.75, 3.05) is 38.6 Å². The van der Waals surface area contributed by atoms with Gasteiger partial charge in [-0.05, 0) is 86.9 Å². The number of nitrogens with zero attached hydrogens (tertiary/aromatic N) is 3. The van der Waals surface area contributed by atoms with E-state index >= 15 is 0 Å². The topological polar surface area (TPSA) is 26.8 Å². The number of anilines is 1. The van der Waals surface area contributed by atoms with Crippen LogP contribution in [0.15, 0.2) is 24.3 Å². The molecular weight excluding hydrogens is 358 g/mol. The summed E-state index contributed by atoms with van der Waals surface area (Å²) in [6.45, 7) is 3.31. The van der Waals surface area contributed by atoms with E-state index in [1.54, 1.807) is 4.90 Å². The van der Waals surface area contributed by atoms with Crippen molar-refractivity contribution >= 4 is 11.7 Å². The van der Waals surface area contributed by atoms with Gasteiger partial charge >= 0.3 is 6.03 Å². The second-order valence-electron chi connectivity index (χ2n) is 10.4. The molecule has 2 atom stereocenters. The van der Waals surface area contributed by atoms with E-state index < -0.39 is 0 Å². The molecule has 0 N–H and O–H groups in total. The lowest BCUT2D eigenvalue weighted by Crippen LogP contribution is -2.48. The van der Waals surface area contributed by atoms with Crippen LogP contribution in [0.25, 0.3) is 0 Å².